The van der Waals surface area contributed by atoms with Crippen LogP contribution in [0.5, 0.6) is 11.6 Å². The number of hydrogen-bond donors (Lipinski definition) is 3. The van der Waals surface area contributed by atoms with Gasteiger partial charge in [-0.2, -0.15) is 0 Å². The number of H-pyrrole nitrogens is 1. The number of ether oxygens (including phenoxy) is 1. The summed E-state index contributed by atoms with van der Waals surface area (Å²) < 4.78 is 36.0. The Morgan fingerprint density at radius 2 is 1.89 bits per heavy atom. The van der Waals surface area contributed by atoms with E-state index in [2.05, 4.69) is 37.4 Å². The Kier molecular flexibility index (Phi) is 7.10. The topological polar surface area (TPSA) is 98.4 Å². The molecule has 11 heteroatoms. The van der Waals surface area contributed by atoms with Gasteiger partial charge in [-0.25, -0.2) is 18.7 Å². The number of carbonyl (C=O) groups excluding carboxylic acids is 1. The third-order valence-electron chi connectivity index (χ3n) is 6.68. The number of hydrogen-bond acceptors (Lipinski definition) is 7. The number of aromatic amines is 1. The van der Waals surface area contributed by atoms with Crippen LogP contribution in [-0.2, 0) is 0 Å². The molecule has 3 heterocycles. The number of nitrogens with zero attached hydrogens (tertiary/aromatic N) is 4. The molecular weight excluding hydrogens is 492 g/mol. The smallest absolute Gasteiger partial charge is 0.260 e. The van der Waals surface area contributed by atoms with E-state index in [4.69, 9.17) is 4.74 Å². The van der Waals surface area contributed by atoms with Crippen LogP contribution in [0.25, 0.3) is 10.9 Å². The summed E-state index contributed by atoms with van der Waals surface area (Å²) >= 11 is 0. The summed E-state index contributed by atoms with van der Waals surface area (Å²) in [5, 5.41) is 5.88. The molecule has 2 aromatic heterocycles. The van der Waals surface area contributed by atoms with Gasteiger partial charge in [-0.3, -0.25) is 4.79 Å². The molecule has 3 N–H and O–H groups in total. The second-order valence-electron chi connectivity index (χ2n) is 9.09. The first-order chi connectivity index (χ1) is 18.4. The molecule has 0 atom stereocenters. The van der Waals surface area contributed by atoms with Crippen molar-refractivity contribution in [1.29, 1.82) is 0 Å². The molecule has 2 aromatic carbocycles. The van der Waals surface area contributed by atoms with Crippen molar-refractivity contribution < 1.29 is 18.3 Å². The average Bonchev–Trinajstić information content (AvgIpc) is 3.31. The molecular formula is C27H29F2N7O2. The molecule has 0 bridgehead atoms. The maximum atomic E-state index is 15.2. The van der Waals surface area contributed by atoms with Crippen molar-refractivity contribution in [3.8, 4) is 11.6 Å². The number of likely N-dealkylation sites (N-methyl/N-ethyl adjacent to an activating group) is 1. The summed E-state index contributed by atoms with van der Waals surface area (Å²) in [6.07, 6.45) is 1.19. The second-order valence-corrected chi connectivity index (χ2v) is 9.09. The van der Waals surface area contributed by atoms with Crippen molar-refractivity contribution in [3.63, 3.8) is 0 Å². The highest BCUT2D eigenvalue weighted by Gasteiger charge is 2.23. The van der Waals surface area contributed by atoms with Gasteiger partial charge in [0.1, 0.15) is 17.7 Å². The fraction of sp³-hybridized carbons (Fsp3) is 0.296. The van der Waals surface area contributed by atoms with E-state index in [1.165, 1.54) is 25.5 Å². The van der Waals surface area contributed by atoms with Gasteiger partial charge in [0.05, 0.1) is 5.69 Å². The normalized spacial score (nSPS) is 14.1. The SMILES string of the molecule is CCN1CCN(c2ccc(Nc3ncnc(Oc4ccc5[nH]c(C)cc5c4F)c3C(=O)NC)cc2F)CC1. The van der Waals surface area contributed by atoms with Crippen LogP contribution < -0.4 is 20.3 Å². The molecule has 4 aromatic rings. The fourth-order valence-electron chi connectivity index (χ4n) is 4.63. The molecule has 0 unspecified atom stereocenters. The van der Waals surface area contributed by atoms with Gasteiger partial charge in [-0.05, 0) is 49.9 Å². The number of anilines is 3. The molecule has 0 aliphatic carbocycles. The molecule has 1 saturated heterocycles. The third-order valence-corrected chi connectivity index (χ3v) is 6.68. The van der Waals surface area contributed by atoms with Gasteiger partial charge >= 0.3 is 0 Å². The van der Waals surface area contributed by atoms with Crippen LogP contribution in [-0.4, -0.2) is 65.5 Å². The first-order valence-electron chi connectivity index (χ1n) is 12.4. The average molecular weight is 522 g/mol. The molecule has 1 aliphatic rings. The Hall–Kier alpha value is -4.25. The predicted octanol–water partition coefficient (Wildman–Crippen LogP) is 4.58. The summed E-state index contributed by atoms with van der Waals surface area (Å²) in [6.45, 7) is 8.17. The van der Waals surface area contributed by atoms with E-state index < -0.39 is 11.7 Å². The molecule has 38 heavy (non-hydrogen) atoms. The van der Waals surface area contributed by atoms with Gasteiger partial charge in [0.25, 0.3) is 5.91 Å². The number of fused-ring (bicyclic) bond motifs is 1. The van der Waals surface area contributed by atoms with Gasteiger partial charge in [0, 0.05) is 55.5 Å². The van der Waals surface area contributed by atoms with Crippen LogP contribution in [0.3, 0.4) is 0 Å². The maximum Gasteiger partial charge on any atom is 0.260 e. The Bertz CT molecular complexity index is 1480. The van der Waals surface area contributed by atoms with Gasteiger partial charge in [0.2, 0.25) is 5.88 Å². The van der Waals surface area contributed by atoms with Crippen LogP contribution in [0.1, 0.15) is 23.0 Å². The molecule has 1 aliphatic heterocycles. The van der Waals surface area contributed by atoms with E-state index in [1.54, 1.807) is 24.3 Å². The van der Waals surface area contributed by atoms with Gasteiger partial charge < -0.3 is 30.2 Å². The first-order valence-corrected chi connectivity index (χ1v) is 12.4. The predicted molar refractivity (Wildman–Crippen MR) is 142 cm³/mol. The van der Waals surface area contributed by atoms with E-state index in [9.17, 15) is 4.79 Å². The van der Waals surface area contributed by atoms with E-state index in [0.29, 0.717) is 22.3 Å². The fourth-order valence-corrected chi connectivity index (χ4v) is 4.63. The van der Waals surface area contributed by atoms with E-state index in [0.717, 1.165) is 38.4 Å². The van der Waals surface area contributed by atoms with Crippen LogP contribution >= 0.6 is 0 Å². The quantitative estimate of drug-likeness (QED) is 0.327. The monoisotopic (exact) mass is 521 g/mol. The molecule has 0 saturated carbocycles. The van der Waals surface area contributed by atoms with Crippen molar-refractivity contribution in [2.24, 2.45) is 0 Å². The molecule has 0 radical (unpaired) electrons. The highest BCUT2D eigenvalue weighted by atomic mass is 19.1. The zero-order chi connectivity index (χ0) is 26.8. The lowest BCUT2D eigenvalue weighted by atomic mass is 10.2. The number of rotatable bonds is 7. The lowest BCUT2D eigenvalue weighted by Crippen LogP contribution is -2.46. The highest BCUT2D eigenvalue weighted by Crippen LogP contribution is 2.34. The van der Waals surface area contributed by atoms with Crippen molar-refractivity contribution in [3.05, 3.63) is 65.6 Å². The molecule has 1 amide bonds. The highest BCUT2D eigenvalue weighted by molar-refractivity contribution is 6.01. The first kappa shape index (κ1) is 25.4. The Morgan fingerprint density at radius 1 is 1.11 bits per heavy atom. The number of piperazine rings is 1. The number of halogens is 2. The lowest BCUT2D eigenvalue weighted by molar-refractivity contribution is 0.0960. The number of aromatic nitrogens is 3. The van der Waals surface area contributed by atoms with E-state index >= 15 is 8.78 Å². The zero-order valence-electron chi connectivity index (χ0n) is 21.4. The molecule has 9 nitrogen and oxygen atoms in total. The van der Waals surface area contributed by atoms with Gasteiger partial charge in [0.15, 0.2) is 17.4 Å². The summed E-state index contributed by atoms with van der Waals surface area (Å²) in [4.78, 5) is 28.5. The Morgan fingerprint density at radius 3 is 2.61 bits per heavy atom. The molecule has 0 spiro atoms. The van der Waals surface area contributed by atoms with Gasteiger partial charge in [-0.15, -0.1) is 0 Å². The van der Waals surface area contributed by atoms with Crippen LogP contribution in [0, 0.1) is 18.6 Å². The zero-order valence-corrected chi connectivity index (χ0v) is 21.4. The minimum Gasteiger partial charge on any atom is -0.435 e. The Labute approximate surface area is 218 Å². The summed E-state index contributed by atoms with van der Waals surface area (Å²) in [5.41, 5.74) is 2.30. The lowest BCUT2D eigenvalue weighted by Gasteiger charge is -2.35. The number of nitrogens with one attached hydrogen (secondary N) is 3. The summed E-state index contributed by atoms with van der Waals surface area (Å²) in [5.74, 6) is -1.66. The Balaban J connectivity index is 1.42. The van der Waals surface area contributed by atoms with Crippen molar-refractivity contribution in [2.75, 3.05) is 50.0 Å². The number of benzene rings is 2. The van der Waals surface area contributed by atoms with Crippen LogP contribution in [0.15, 0.2) is 42.7 Å². The number of aryl methyl sites for hydroxylation is 1. The molecule has 5 rings (SSSR count). The van der Waals surface area contributed by atoms with Crippen LogP contribution in [0.4, 0.5) is 26.0 Å². The van der Waals surface area contributed by atoms with Crippen molar-refractivity contribution >= 4 is 34.0 Å². The van der Waals surface area contributed by atoms with Crippen LogP contribution in [0.2, 0.25) is 0 Å². The standard InChI is InChI=1S/C27H29F2N7O2/c1-4-35-9-11-36(12-10-35)21-7-5-17(14-19(21)28)34-25-23(26(37)30-3)27(32-15-31-25)38-22-8-6-20-18(24(22)29)13-16(2)33-20/h5-8,13-15,33H,4,9-12H2,1-3H3,(H,30,37)(H,31,32,34). The van der Waals surface area contributed by atoms with Crippen molar-refractivity contribution in [2.45, 2.75) is 13.8 Å². The number of carbonyl (C=O) groups is 1. The second kappa shape index (κ2) is 10.6. The largest absolute Gasteiger partial charge is 0.435 e. The van der Waals surface area contributed by atoms with Crippen molar-refractivity contribution in [1.82, 2.24) is 25.2 Å². The summed E-state index contributed by atoms with van der Waals surface area (Å²) in [6, 6.07) is 9.62. The minimum atomic E-state index is -0.583. The van der Waals surface area contributed by atoms with E-state index in [1.807, 2.05) is 11.8 Å². The van der Waals surface area contributed by atoms with E-state index in [-0.39, 0.29) is 28.8 Å². The van der Waals surface area contributed by atoms with Gasteiger partial charge in [-0.1, -0.05) is 6.92 Å². The summed E-state index contributed by atoms with van der Waals surface area (Å²) in [7, 11) is 1.45. The molecule has 198 valence electrons. The minimum absolute atomic E-state index is 0.0417. The molecule has 1 fully saturated rings. The number of amides is 1. The maximum absolute atomic E-state index is 15.2. The third kappa shape index (κ3) is 4.97.